The number of rotatable bonds is 5. The SMILES string of the molecule is CCNC(=O)N1N=C(c2ccc(N3CCN(C)CC3)cc2)c2cc(OC)c(OC)cc2CC1C. The highest BCUT2D eigenvalue weighted by Gasteiger charge is 2.28. The van der Waals surface area contributed by atoms with Gasteiger partial charge in [-0.05, 0) is 57.1 Å². The molecule has 0 saturated carbocycles. The molecule has 182 valence electrons. The lowest BCUT2D eigenvalue weighted by Gasteiger charge is -2.34. The molecule has 2 aromatic carbocycles. The predicted octanol–water partition coefficient (Wildman–Crippen LogP) is 3.18. The summed E-state index contributed by atoms with van der Waals surface area (Å²) in [4.78, 5) is 17.6. The minimum Gasteiger partial charge on any atom is -0.493 e. The molecule has 2 heterocycles. The number of piperazine rings is 1. The van der Waals surface area contributed by atoms with Crippen LogP contribution in [0.5, 0.6) is 11.5 Å². The second kappa shape index (κ2) is 10.3. The molecule has 4 rings (SSSR count). The van der Waals surface area contributed by atoms with Gasteiger partial charge in [0.2, 0.25) is 0 Å². The van der Waals surface area contributed by atoms with Crippen molar-refractivity contribution < 1.29 is 14.3 Å². The molecule has 34 heavy (non-hydrogen) atoms. The number of nitrogens with zero attached hydrogens (tertiary/aromatic N) is 4. The number of nitrogens with one attached hydrogen (secondary N) is 1. The van der Waals surface area contributed by atoms with Crippen molar-refractivity contribution in [1.29, 1.82) is 0 Å². The molecule has 0 radical (unpaired) electrons. The molecule has 8 nitrogen and oxygen atoms in total. The van der Waals surface area contributed by atoms with Crippen LogP contribution >= 0.6 is 0 Å². The number of anilines is 1. The van der Waals surface area contributed by atoms with Gasteiger partial charge < -0.3 is 24.6 Å². The predicted molar refractivity (Wildman–Crippen MR) is 135 cm³/mol. The second-order valence-electron chi connectivity index (χ2n) is 8.88. The lowest BCUT2D eigenvalue weighted by Crippen LogP contribution is -2.44. The topological polar surface area (TPSA) is 69.6 Å². The lowest BCUT2D eigenvalue weighted by molar-refractivity contribution is 0.183. The van der Waals surface area contributed by atoms with Gasteiger partial charge in [0.25, 0.3) is 0 Å². The highest BCUT2D eigenvalue weighted by atomic mass is 16.5. The van der Waals surface area contributed by atoms with E-state index in [1.165, 1.54) is 5.69 Å². The summed E-state index contributed by atoms with van der Waals surface area (Å²) in [5.74, 6) is 1.31. The first-order valence-corrected chi connectivity index (χ1v) is 11.9. The summed E-state index contributed by atoms with van der Waals surface area (Å²) in [6, 6.07) is 12.1. The van der Waals surface area contributed by atoms with E-state index in [0.717, 1.165) is 48.6 Å². The largest absolute Gasteiger partial charge is 0.493 e. The summed E-state index contributed by atoms with van der Waals surface area (Å²) in [6.07, 6.45) is 0.652. The molecular formula is C26H35N5O3. The van der Waals surface area contributed by atoms with Crippen LogP contribution in [0.1, 0.15) is 30.5 Å². The van der Waals surface area contributed by atoms with E-state index in [4.69, 9.17) is 14.6 Å². The van der Waals surface area contributed by atoms with Crippen molar-refractivity contribution in [2.75, 3.05) is 58.9 Å². The number of benzene rings is 2. The zero-order chi connectivity index (χ0) is 24.2. The maximum atomic E-state index is 12.9. The van der Waals surface area contributed by atoms with Crippen LogP contribution in [0.15, 0.2) is 41.5 Å². The van der Waals surface area contributed by atoms with E-state index in [1.807, 2.05) is 26.0 Å². The van der Waals surface area contributed by atoms with E-state index in [-0.39, 0.29) is 12.1 Å². The van der Waals surface area contributed by atoms with Crippen molar-refractivity contribution in [1.82, 2.24) is 15.2 Å². The summed E-state index contributed by atoms with van der Waals surface area (Å²) >= 11 is 0. The summed E-state index contributed by atoms with van der Waals surface area (Å²) < 4.78 is 11.1. The minimum absolute atomic E-state index is 0.120. The van der Waals surface area contributed by atoms with Crippen molar-refractivity contribution in [3.05, 3.63) is 53.1 Å². The molecule has 1 atom stereocenters. The van der Waals surface area contributed by atoms with Crippen LogP contribution in [0.2, 0.25) is 0 Å². The Bertz CT molecular complexity index is 1050. The average molecular weight is 466 g/mol. The van der Waals surface area contributed by atoms with Crippen molar-refractivity contribution in [2.24, 2.45) is 5.10 Å². The molecule has 2 aliphatic rings. The first-order valence-electron chi connectivity index (χ1n) is 11.9. The smallest absolute Gasteiger partial charge is 0.338 e. The molecule has 2 amide bonds. The van der Waals surface area contributed by atoms with E-state index in [0.29, 0.717) is 24.5 Å². The highest BCUT2D eigenvalue weighted by molar-refractivity contribution is 6.14. The molecule has 1 N–H and O–H groups in total. The van der Waals surface area contributed by atoms with Crippen molar-refractivity contribution in [3.8, 4) is 11.5 Å². The number of methoxy groups -OCH3 is 2. The number of amides is 2. The Balaban J connectivity index is 1.77. The number of carbonyl (C=O) groups excluding carboxylic acids is 1. The number of carbonyl (C=O) groups is 1. The Morgan fingerprint density at radius 2 is 1.71 bits per heavy atom. The van der Waals surface area contributed by atoms with Crippen LogP contribution in [0.4, 0.5) is 10.5 Å². The Labute approximate surface area is 202 Å². The molecule has 0 aromatic heterocycles. The summed E-state index contributed by atoms with van der Waals surface area (Å²) in [5, 5.41) is 9.35. The zero-order valence-corrected chi connectivity index (χ0v) is 20.8. The number of urea groups is 1. The molecule has 0 bridgehead atoms. The molecule has 0 spiro atoms. The molecule has 8 heteroatoms. The van der Waals surface area contributed by atoms with Gasteiger partial charge in [-0.2, -0.15) is 5.10 Å². The number of fused-ring (bicyclic) bond motifs is 1. The number of ether oxygens (including phenoxy) is 2. The van der Waals surface area contributed by atoms with Crippen LogP contribution in [-0.4, -0.2) is 81.7 Å². The third-order valence-corrected chi connectivity index (χ3v) is 6.55. The maximum Gasteiger partial charge on any atom is 0.338 e. The van der Waals surface area contributed by atoms with Gasteiger partial charge in [0.1, 0.15) is 0 Å². The highest BCUT2D eigenvalue weighted by Crippen LogP contribution is 2.35. The van der Waals surface area contributed by atoms with Gasteiger partial charge in [-0.15, -0.1) is 0 Å². The molecule has 2 aliphatic heterocycles. The number of hydrogen-bond donors (Lipinski definition) is 1. The summed E-state index contributed by atoms with van der Waals surface area (Å²) in [5.41, 5.74) is 4.92. The monoisotopic (exact) mass is 465 g/mol. The van der Waals surface area contributed by atoms with Crippen LogP contribution < -0.4 is 19.7 Å². The molecule has 1 saturated heterocycles. The summed E-state index contributed by atoms with van der Waals surface area (Å²) in [6.45, 7) is 8.61. The van der Waals surface area contributed by atoms with E-state index < -0.39 is 0 Å². The van der Waals surface area contributed by atoms with Crippen LogP contribution in [-0.2, 0) is 6.42 Å². The fourth-order valence-electron chi connectivity index (χ4n) is 4.56. The Morgan fingerprint density at radius 1 is 1.06 bits per heavy atom. The molecule has 1 fully saturated rings. The number of hydrogen-bond acceptors (Lipinski definition) is 6. The quantitative estimate of drug-likeness (QED) is 0.735. The number of likely N-dealkylation sites (N-methyl/N-ethyl adjacent to an activating group) is 1. The third-order valence-electron chi connectivity index (χ3n) is 6.55. The maximum absolute atomic E-state index is 12.9. The van der Waals surface area contributed by atoms with E-state index in [1.54, 1.807) is 19.2 Å². The van der Waals surface area contributed by atoms with Gasteiger partial charge in [0.15, 0.2) is 11.5 Å². The van der Waals surface area contributed by atoms with Gasteiger partial charge in [0, 0.05) is 49.5 Å². The van der Waals surface area contributed by atoms with Gasteiger partial charge in [-0.3, -0.25) is 0 Å². The standard InChI is InChI=1S/C26H35N5O3/c1-6-27-26(32)31-18(2)15-20-16-23(33-4)24(34-5)17-22(20)25(28-31)19-7-9-21(10-8-19)30-13-11-29(3)12-14-30/h7-10,16-18H,6,11-15H2,1-5H3,(H,27,32). The normalized spacial score (nSPS) is 18.6. The molecule has 2 aromatic rings. The summed E-state index contributed by atoms with van der Waals surface area (Å²) in [7, 11) is 5.43. The van der Waals surface area contributed by atoms with Crippen molar-refractivity contribution >= 4 is 17.4 Å². The Morgan fingerprint density at radius 3 is 2.32 bits per heavy atom. The average Bonchev–Trinajstić information content (AvgIpc) is 2.99. The van der Waals surface area contributed by atoms with Gasteiger partial charge in [-0.25, -0.2) is 9.80 Å². The first-order chi connectivity index (χ1) is 16.4. The molecular weight excluding hydrogens is 430 g/mol. The van der Waals surface area contributed by atoms with Crippen LogP contribution in [0.3, 0.4) is 0 Å². The molecule has 1 unspecified atom stereocenters. The van der Waals surface area contributed by atoms with Gasteiger partial charge >= 0.3 is 6.03 Å². The lowest BCUT2D eigenvalue weighted by atomic mass is 9.94. The Kier molecular flexibility index (Phi) is 7.26. The van der Waals surface area contributed by atoms with E-state index in [9.17, 15) is 4.79 Å². The van der Waals surface area contributed by atoms with Crippen LogP contribution in [0.25, 0.3) is 0 Å². The minimum atomic E-state index is -0.201. The second-order valence-corrected chi connectivity index (χ2v) is 8.88. The van der Waals surface area contributed by atoms with Gasteiger partial charge in [0.05, 0.1) is 26.0 Å². The van der Waals surface area contributed by atoms with E-state index in [2.05, 4.69) is 46.4 Å². The molecule has 0 aliphatic carbocycles. The zero-order valence-electron chi connectivity index (χ0n) is 20.8. The van der Waals surface area contributed by atoms with Crippen molar-refractivity contribution in [3.63, 3.8) is 0 Å². The van der Waals surface area contributed by atoms with Crippen molar-refractivity contribution in [2.45, 2.75) is 26.3 Å². The fraction of sp³-hybridized carbons (Fsp3) is 0.462. The van der Waals surface area contributed by atoms with Crippen LogP contribution in [0, 0.1) is 0 Å². The Hall–Kier alpha value is -3.26. The third kappa shape index (κ3) is 4.82. The van der Waals surface area contributed by atoms with Gasteiger partial charge in [-0.1, -0.05) is 12.1 Å². The first kappa shape index (κ1) is 23.9. The fourth-order valence-corrected chi connectivity index (χ4v) is 4.56. The van der Waals surface area contributed by atoms with E-state index >= 15 is 0 Å². The number of hydrazone groups is 1.